The number of hydrogen-bond donors (Lipinski definition) is 2. The van der Waals surface area contributed by atoms with Gasteiger partial charge in [-0.25, -0.2) is 0 Å². The van der Waals surface area contributed by atoms with Gasteiger partial charge in [-0.1, -0.05) is 11.6 Å². The lowest BCUT2D eigenvalue weighted by Gasteiger charge is -2.10. The number of ether oxygens (including phenoxy) is 1. The van der Waals surface area contributed by atoms with Crippen molar-refractivity contribution in [3.8, 4) is 11.8 Å². The van der Waals surface area contributed by atoms with Crippen molar-refractivity contribution < 1.29 is 9.53 Å². The van der Waals surface area contributed by atoms with Crippen LogP contribution in [0.5, 0.6) is 5.75 Å². The fraction of sp³-hybridized carbons (Fsp3) is 0.333. The van der Waals surface area contributed by atoms with Crippen molar-refractivity contribution in [1.29, 1.82) is 5.26 Å². The molecule has 0 aromatic heterocycles. The number of hydrogen-bond acceptors (Lipinski definition) is 4. The van der Waals surface area contributed by atoms with Crippen LogP contribution in [0.4, 0.5) is 0 Å². The van der Waals surface area contributed by atoms with E-state index in [4.69, 9.17) is 27.3 Å². The van der Waals surface area contributed by atoms with Crippen molar-refractivity contribution in [2.75, 3.05) is 13.2 Å². The highest BCUT2D eigenvalue weighted by atomic mass is 35.5. The Morgan fingerprint density at radius 1 is 1.56 bits per heavy atom. The van der Waals surface area contributed by atoms with E-state index >= 15 is 0 Å². The zero-order valence-electron chi connectivity index (χ0n) is 9.78. The Labute approximate surface area is 110 Å². The normalized spacial score (nSPS) is 9.61. The number of benzene rings is 1. The van der Waals surface area contributed by atoms with Crippen molar-refractivity contribution in [3.63, 3.8) is 0 Å². The number of carbonyl (C=O) groups is 1. The Bertz CT molecular complexity index is 457. The summed E-state index contributed by atoms with van der Waals surface area (Å²) in [6.45, 7) is 0.495. The van der Waals surface area contributed by atoms with Gasteiger partial charge in [-0.2, -0.15) is 5.26 Å². The molecule has 0 fully saturated rings. The summed E-state index contributed by atoms with van der Waals surface area (Å²) in [4.78, 5) is 11.4. The summed E-state index contributed by atoms with van der Waals surface area (Å²) in [5.74, 6) is 0.264. The fourth-order valence-electron chi connectivity index (χ4n) is 1.30. The standard InChI is InChI=1S/C12H14ClN3O2/c13-10-2-3-11(9(6-10)7-15)18-8-12(17)16-5-1-4-14/h2-3,6H,1,5,7-8,15H2,(H,16,17). The number of rotatable bonds is 6. The zero-order valence-corrected chi connectivity index (χ0v) is 10.5. The number of amides is 1. The Morgan fingerprint density at radius 2 is 2.33 bits per heavy atom. The molecule has 1 amide bonds. The van der Waals surface area contributed by atoms with Crippen LogP contribution < -0.4 is 15.8 Å². The lowest BCUT2D eigenvalue weighted by Crippen LogP contribution is -2.29. The van der Waals surface area contributed by atoms with Crippen LogP contribution in [0.2, 0.25) is 5.02 Å². The van der Waals surface area contributed by atoms with Gasteiger partial charge in [0.25, 0.3) is 5.91 Å². The minimum absolute atomic E-state index is 0.111. The van der Waals surface area contributed by atoms with E-state index in [1.807, 2.05) is 6.07 Å². The topological polar surface area (TPSA) is 88.1 Å². The van der Waals surface area contributed by atoms with E-state index in [1.165, 1.54) is 0 Å². The van der Waals surface area contributed by atoms with Gasteiger partial charge in [0, 0.05) is 23.7 Å². The third kappa shape index (κ3) is 4.62. The Hall–Kier alpha value is -1.77. The van der Waals surface area contributed by atoms with Crippen molar-refractivity contribution in [3.05, 3.63) is 28.8 Å². The minimum atomic E-state index is -0.275. The molecule has 5 nitrogen and oxygen atoms in total. The molecule has 18 heavy (non-hydrogen) atoms. The lowest BCUT2D eigenvalue weighted by molar-refractivity contribution is -0.123. The molecule has 0 heterocycles. The first-order chi connectivity index (χ1) is 8.67. The maximum atomic E-state index is 11.4. The van der Waals surface area contributed by atoms with E-state index < -0.39 is 0 Å². The van der Waals surface area contributed by atoms with Crippen LogP contribution in [0.25, 0.3) is 0 Å². The molecule has 0 unspecified atom stereocenters. The average molecular weight is 268 g/mol. The van der Waals surface area contributed by atoms with Crippen LogP contribution in [-0.2, 0) is 11.3 Å². The Morgan fingerprint density at radius 3 is 3.00 bits per heavy atom. The molecule has 0 saturated carbocycles. The van der Waals surface area contributed by atoms with Crippen LogP contribution in [0.15, 0.2) is 18.2 Å². The molecule has 0 aliphatic carbocycles. The van der Waals surface area contributed by atoms with Crippen LogP contribution in [0, 0.1) is 11.3 Å². The molecule has 0 bridgehead atoms. The predicted molar refractivity (Wildman–Crippen MR) is 68.1 cm³/mol. The number of nitrogens with one attached hydrogen (secondary N) is 1. The summed E-state index contributed by atoms with van der Waals surface area (Å²) in [6.07, 6.45) is 0.279. The van der Waals surface area contributed by atoms with E-state index in [0.29, 0.717) is 17.3 Å². The van der Waals surface area contributed by atoms with E-state index in [0.717, 1.165) is 5.56 Å². The summed E-state index contributed by atoms with van der Waals surface area (Å²) >= 11 is 5.82. The second kappa shape index (κ2) is 7.54. The van der Waals surface area contributed by atoms with Gasteiger partial charge in [-0.3, -0.25) is 4.79 Å². The third-order valence-corrected chi connectivity index (χ3v) is 2.40. The Balaban J connectivity index is 2.48. The molecule has 0 radical (unpaired) electrons. The fourth-order valence-corrected chi connectivity index (χ4v) is 1.50. The summed E-state index contributed by atoms with van der Waals surface area (Å²) < 4.78 is 5.34. The molecular formula is C12H14ClN3O2. The average Bonchev–Trinajstić information content (AvgIpc) is 2.37. The van der Waals surface area contributed by atoms with Gasteiger partial charge < -0.3 is 15.8 Å². The molecule has 1 rings (SSSR count). The van der Waals surface area contributed by atoms with Crippen LogP contribution in [0.3, 0.4) is 0 Å². The van der Waals surface area contributed by atoms with Gasteiger partial charge in [-0.05, 0) is 18.2 Å². The summed E-state index contributed by atoms with van der Waals surface area (Å²) in [5.41, 5.74) is 6.29. The zero-order chi connectivity index (χ0) is 13.4. The maximum absolute atomic E-state index is 11.4. The second-order valence-corrected chi connectivity index (χ2v) is 3.94. The number of nitrogens with zero attached hydrogens (tertiary/aromatic N) is 1. The van der Waals surface area contributed by atoms with Gasteiger partial charge in [0.15, 0.2) is 6.61 Å². The molecule has 0 aliphatic heterocycles. The van der Waals surface area contributed by atoms with Crippen LogP contribution in [-0.4, -0.2) is 19.1 Å². The second-order valence-electron chi connectivity index (χ2n) is 3.50. The molecule has 3 N–H and O–H groups in total. The van der Waals surface area contributed by atoms with Gasteiger partial charge in [0.1, 0.15) is 5.75 Å². The van der Waals surface area contributed by atoms with E-state index in [-0.39, 0.29) is 25.5 Å². The summed E-state index contributed by atoms with van der Waals surface area (Å²) in [5, 5.41) is 11.5. The molecule has 0 atom stereocenters. The molecule has 0 spiro atoms. The quantitative estimate of drug-likeness (QED) is 0.758. The lowest BCUT2D eigenvalue weighted by atomic mass is 10.2. The van der Waals surface area contributed by atoms with Crippen molar-refractivity contribution in [1.82, 2.24) is 5.32 Å². The van der Waals surface area contributed by atoms with Crippen LogP contribution in [0.1, 0.15) is 12.0 Å². The number of nitrogens with two attached hydrogens (primary N) is 1. The monoisotopic (exact) mass is 267 g/mol. The van der Waals surface area contributed by atoms with E-state index in [1.54, 1.807) is 18.2 Å². The molecule has 6 heteroatoms. The van der Waals surface area contributed by atoms with Crippen LogP contribution >= 0.6 is 11.6 Å². The number of halogens is 1. The predicted octanol–water partition coefficient (Wildman–Crippen LogP) is 1.21. The highest BCUT2D eigenvalue weighted by Crippen LogP contribution is 2.22. The van der Waals surface area contributed by atoms with Crippen molar-refractivity contribution in [2.45, 2.75) is 13.0 Å². The van der Waals surface area contributed by atoms with Crippen molar-refractivity contribution >= 4 is 17.5 Å². The first-order valence-electron chi connectivity index (χ1n) is 5.42. The maximum Gasteiger partial charge on any atom is 0.257 e. The van der Waals surface area contributed by atoms with Gasteiger partial charge in [0.05, 0.1) is 12.5 Å². The van der Waals surface area contributed by atoms with E-state index in [2.05, 4.69) is 5.32 Å². The first kappa shape index (κ1) is 14.3. The highest BCUT2D eigenvalue weighted by Gasteiger charge is 2.06. The molecule has 1 aromatic carbocycles. The Kier molecular flexibility index (Phi) is 5.98. The SMILES string of the molecule is N#CCCNC(=O)COc1ccc(Cl)cc1CN. The minimum Gasteiger partial charge on any atom is -0.483 e. The largest absolute Gasteiger partial charge is 0.483 e. The molecule has 1 aromatic rings. The van der Waals surface area contributed by atoms with Gasteiger partial charge in [-0.15, -0.1) is 0 Å². The van der Waals surface area contributed by atoms with Crippen molar-refractivity contribution in [2.24, 2.45) is 5.73 Å². The van der Waals surface area contributed by atoms with Gasteiger partial charge in [0.2, 0.25) is 0 Å². The first-order valence-corrected chi connectivity index (χ1v) is 5.80. The highest BCUT2D eigenvalue weighted by molar-refractivity contribution is 6.30. The molecule has 0 saturated heterocycles. The molecule has 0 aliphatic rings. The van der Waals surface area contributed by atoms with Gasteiger partial charge >= 0.3 is 0 Å². The third-order valence-electron chi connectivity index (χ3n) is 2.16. The summed E-state index contributed by atoms with van der Waals surface area (Å²) in [7, 11) is 0. The summed E-state index contributed by atoms with van der Waals surface area (Å²) in [6, 6.07) is 6.98. The molecule has 96 valence electrons. The number of nitriles is 1. The molecular weight excluding hydrogens is 254 g/mol. The number of carbonyl (C=O) groups excluding carboxylic acids is 1. The van der Waals surface area contributed by atoms with E-state index in [9.17, 15) is 4.79 Å². The smallest absolute Gasteiger partial charge is 0.257 e.